The van der Waals surface area contributed by atoms with Gasteiger partial charge in [-0.15, -0.1) is 0 Å². The first kappa shape index (κ1) is 22.7. The molecule has 3 aromatic rings. The van der Waals surface area contributed by atoms with Gasteiger partial charge < -0.3 is 4.74 Å². The van der Waals surface area contributed by atoms with Crippen molar-refractivity contribution in [1.29, 1.82) is 0 Å². The van der Waals surface area contributed by atoms with Crippen LogP contribution < -0.4 is 0 Å². The summed E-state index contributed by atoms with van der Waals surface area (Å²) in [6.45, 7) is 5.81. The van der Waals surface area contributed by atoms with E-state index in [1.807, 2.05) is 23.9 Å². The summed E-state index contributed by atoms with van der Waals surface area (Å²) < 4.78 is 35.9. The molecule has 1 aromatic heterocycles. The van der Waals surface area contributed by atoms with Crippen LogP contribution in [-0.2, 0) is 54.4 Å². The van der Waals surface area contributed by atoms with E-state index in [0.717, 1.165) is 40.9 Å². The predicted octanol–water partition coefficient (Wildman–Crippen LogP) is 4.14. The topological polar surface area (TPSA) is 64.4 Å². The van der Waals surface area contributed by atoms with E-state index in [1.165, 1.54) is 5.56 Å². The van der Waals surface area contributed by atoms with Crippen molar-refractivity contribution >= 4 is 10.0 Å². The van der Waals surface area contributed by atoms with Gasteiger partial charge in [0.25, 0.3) is 0 Å². The van der Waals surface area contributed by atoms with E-state index in [1.54, 1.807) is 16.4 Å². The van der Waals surface area contributed by atoms with Gasteiger partial charge in [-0.3, -0.25) is 4.68 Å². The highest BCUT2D eigenvalue weighted by Gasteiger charge is 2.31. The SMILES string of the molecule is CCCc1ccc(S(=O)(=O)N2CCc3c(c(COCc4ccc(C)cc4)nn3C)C2)cc1. The monoisotopic (exact) mass is 453 g/mol. The maximum Gasteiger partial charge on any atom is 0.243 e. The molecule has 0 unspecified atom stereocenters. The summed E-state index contributed by atoms with van der Waals surface area (Å²) in [6, 6.07) is 15.5. The quantitative estimate of drug-likeness (QED) is 0.514. The Balaban J connectivity index is 1.48. The van der Waals surface area contributed by atoms with Crippen molar-refractivity contribution in [2.24, 2.45) is 7.05 Å². The number of nitrogens with zero attached hydrogens (tertiary/aromatic N) is 3. The number of sulfonamides is 1. The molecular weight excluding hydrogens is 422 g/mol. The molecule has 6 nitrogen and oxygen atoms in total. The van der Waals surface area contributed by atoms with E-state index in [-0.39, 0.29) is 0 Å². The highest BCUT2D eigenvalue weighted by Crippen LogP contribution is 2.28. The van der Waals surface area contributed by atoms with Gasteiger partial charge in [0.05, 0.1) is 23.8 Å². The number of fused-ring (bicyclic) bond motifs is 1. The third-order valence-electron chi connectivity index (χ3n) is 6.02. The number of hydrogen-bond donors (Lipinski definition) is 0. The summed E-state index contributed by atoms with van der Waals surface area (Å²) in [4.78, 5) is 0.349. The summed E-state index contributed by atoms with van der Waals surface area (Å²) in [5.41, 5.74) is 6.35. The molecule has 2 aromatic carbocycles. The summed E-state index contributed by atoms with van der Waals surface area (Å²) in [5.74, 6) is 0. The molecule has 4 rings (SSSR count). The maximum absolute atomic E-state index is 13.3. The standard InChI is InChI=1S/C25H31N3O3S/c1-4-5-20-10-12-22(13-11-20)32(29,30)28-15-14-25-23(16-28)24(26-27(25)3)18-31-17-21-8-6-19(2)7-9-21/h6-13H,4-5,14-18H2,1-3H3. The lowest BCUT2D eigenvalue weighted by Crippen LogP contribution is -2.36. The van der Waals surface area contributed by atoms with Crippen LogP contribution in [0.15, 0.2) is 53.4 Å². The van der Waals surface area contributed by atoms with Crippen molar-refractivity contribution in [2.75, 3.05) is 6.54 Å². The van der Waals surface area contributed by atoms with Crippen molar-refractivity contribution in [3.63, 3.8) is 0 Å². The number of hydrogen-bond acceptors (Lipinski definition) is 4. The Hall–Kier alpha value is -2.48. The Morgan fingerprint density at radius 2 is 1.69 bits per heavy atom. The Morgan fingerprint density at radius 3 is 2.38 bits per heavy atom. The molecule has 0 saturated heterocycles. The smallest absolute Gasteiger partial charge is 0.243 e. The minimum Gasteiger partial charge on any atom is -0.370 e. The lowest BCUT2D eigenvalue weighted by Gasteiger charge is -2.27. The van der Waals surface area contributed by atoms with E-state index in [4.69, 9.17) is 4.74 Å². The molecule has 0 N–H and O–H groups in total. The van der Waals surface area contributed by atoms with Crippen molar-refractivity contribution in [3.05, 3.63) is 82.2 Å². The third-order valence-corrected chi connectivity index (χ3v) is 7.88. The van der Waals surface area contributed by atoms with Gasteiger partial charge in [-0.05, 0) is 36.6 Å². The van der Waals surface area contributed by atoms with Crippen molar-refractivity contribution in [2.45, 2.75) is 57.8 Å². The third kappa shape index (κ3) is 4.80. The molecule has 1 aliphatic rings. The van der Waals surface area contributed by atoms with E-state index in [0.29, 0.717) is 37.6 Å². The fourth-order valence-electron chi connectivity index (χ4n) is 4.18. The second kappa shape index (κ2) is 9.57. The average Bonchev–Trinajstić information content (AvgIpc) is 3.11. The minimum absolute atomic E-state index is 0.325. The van der Waals surface area contributed by atoms with Gasteiger partial charge in [0.1, 0.15) is 0 Å². The van der Waals surface area contributed by atoms with Gasteiger partial charge in [0, 0.05) is 37.8 Å². The highest BCUT2D eigenvalue weighted by atomic mass is 32.2. The molecule has 0 amide bonds. The van der Waals surface area contributed by atoms with Crippen LogP contribution in [0.2, 0.25) is 0 Å². The Kier molecular flexibility index (Phi) is 6.79. The lowest BCUT2D eigenvalue weighted by atomic mass is 10.1. The first-order valence-corrected chi connectivity index (χ1v) is 12.6. The molecule has 2 heterocycles. The van der Waals surface area contributed by atoms with Crippen LogP contribution in [0, 0.1) is 6.92 Å². The zero-order valence-electron chi connectivity index (χ0n) is 19.0. The second-order valence-electron chi connectivity index (χ2n) is 8.46. The fraction of sp³-hybridized carbons (Fsp3) is 0.400. The van der Waals surface area contributed by atoms with Crippen molar-refractivity contribution < 1.29 is 13.2 Å². The first-order valence-electron chi connectivity index (χ1n) is 11.1. The zero-order chi connectivity index (χ0) is 22.7. The van der Waals surface area contributed by atoms with E-state index in [2.05, 4.69) is 43.2 Å². The number of ether oxygens (including phenoxy) is 1. The highest BCUT2D eigenvalue weighted by molar-refractivity contribution is 7.89. The fourth-order valence-corrected chi connectivity index (χ4v) is 5.59. The Morgan fingerprint density at radius 1 is 1.00 bits per heavy atom. The summed E-state index contributed by atoms with van der Waals surface area (Å²) in [7, 11) is -1.64. The van der Waals surface area contributed by atoms with Crippen molar-refractivity contribution in [3.8, 4) is 0 Å². The van der Waals surface area contributed by atoms with Crippen LogP contribution in [0.25, 0.3) is 0 Å². The molecule has 0 atom stereocenters. The van der Waals surface area contributed by atoms with E-state index >= 15 is 0 Å². The molecule has 0 fully saturated rings. The molecule has 0 saturated carbocycles. The van der Waals surface area contributed by atoms with Gasteiger partial charge in [-0.2, -0.15) is 9.40 Å². The van der Waals surface area contributed by atoms with Gasteiger partial charge >= 0.3 is 0 Å². The zero-order valence-corrected chi connectivity index (χ0v) is 19.9. The Labute approximate surface area is 190 Å². The van der Waals surface area contributed by atoms with Crippen LogP contribution in [0.1, 0.15) is 47.0 Å². The summed E-state index contributed by atoms with van der Waals surface area (Å²) >= 11 is 0. The molecule has 7 heteroatoms. The number of benzene rings is 2. The average molecular weight is 454 g/mol. The first-order chi connectivity index (χ1) is 15.4. The number of aryl methyl sites for hydroxylation is 3. The van der Waals surface area contributed by atoms with Crippen LogP contribution in [0.4, 0.5) is 0 Å². The molecule has 0 radical (unpaired) electrons. The van der Waals surface area contributed by atoms with Crippen molar-refractivity contribution in [1.82, 2.24) is 14.1 Å². The Bertz CT molecular complexity index is 1170. The predicted molar refractivity (Wildman–Crippen MR) is 125 cm³/mol. The van der Waals surface area contributed by atoms with E-state index < -0.39 is 10.0 Å². The van der Waals surface area contributed by atoms with Crippen LogP contribution in [0.3, 0.4) is 0 Å². The lowest BCUT2D eigenvalue weighted by molar-refractivity contribution is 0.103. The summed E-state index contributed by atoms with van der Waals surface area (Å²) in [6.07, 6.45) is 2.63. The normalized spacial score (nSPS) is 14.5. The van der Waals surface area contributed by atoms with Crippen LogP contribution >= 0.6 is 0 Å². The second-order valence-corrected chi connectivity index (χ2v) is 10.4. The molecule has 0 bridgehead atoms. The van der Waals surface area contributed by atoms with Gasteiger partial charge in [0.2, 0.25) is 10.0 Å². The maximum atomic E-state index is 13.3. The number of rotatable bonds is 8. The molecule has 1 aliphatic heterocycles. The van der Waals surface area contributed by atoms with Crippen LogP contribution in [0.5, 0.6) is 0 Å². The molecule has 32 heavy (non-hydrogen) atoms. The molecule has 0 aliphatic carbocycles. The number of aromatic nitrogens is 2. The van der Waals surface area contributed by atoms with Gasteiger partial charge in [-0.1, -0.05) is 55.3 Å². The molecule has 0 spiro atoms. The van der Waals surface area contributed by atoms with E-state index in [9.17, 15) is 8.42 Å². The minimum atomic E-state index is -3.56. The van der Waals surface area contributed by atoms with Crippen LogP contribution in [-0.4, -0.2) is 29.0 Å². The summed E-state index contributed by atoms with van der Waals surface area (Å²) in [5, 5.41) is 4.63. The molecule has 170 valence electrons. The largest absolute Gasteiger partial charge is 0.370 e. The van der Waals surface area contributed by atoms with Gasteiger partial charge in [0.15, 0.2) is 0 Å². The molecular formula is C25H31N3O3S. The van der Waals surface area contributed by atoms with Gasteiger partial charge in [-0.25, -0.2) is 8.42 Å².